The quantitative estimate of drug-likeness (QED) is 0.632. The van der Waals surface area contributed by atoms with Gasteiger partial charge in [-0.15, -0.1) is 11.3 Å². The first-order chi connectivity index (χ1) is 8.26. The Morgan fingerprint density at radius 1 is 1.24 bits per heavy atom. The van der Waals surface area contributed by atoms with Gasteiger partial charge in [0.1, 0.15) is 0 Å². The molecule has 0 aliphatic rings. The Morgan fingerprint density at radius 3 is 2.65 bits per heavy atom. The molecule has 0 saturated heterocycles. The number of hydrogen-bond donors (Lipinski definition) is 1. The van der Waals surface area contributed by atoms with Crippen LogP contribution in [-0.4, -0.2) is 12.6 Å². The molecule has 1 N–H and O–H groups in total. The normalized spacial score (nSPS) is 12.9. The van der Waals surface area contributed by atoms with Gasteiger partial charge >= 0.3 is 0 Å². The summed E-state index contributed by atoms with van der Waals surface area (Å²) in [6, 6.07) is 4.79. The minimum Gasteiger partial charge on any atom is -0.314 e. The predicted molar refractivity (Wildman–Crippen MR) is 79.3 cm³/mol. The molecule has 1 aromatic rings. The molecule has 0 amide bonds. The van der Waals surface area contributed by atoms with E-state index < -0.39 is 0 Å². The fraction of sp³-hybridized carbons (Fsp3) is 0.714. The fourth-order valence-corrected chi connectivity index (χ4v) is 3.14. The monoisotopic (exact) mass is 273 g/mol. The Hall–Kier alpha value is -0.0500. The van der Waals surface area contributed by atoms with Crippen molar-refractivity contribution in [2.24, 2.45) is 0 Å². The first kappa shape index (κ1) is 15.0. The third-order valence-corrected chi connectivity index (χ3v) is 4.17. The van der Waals surface area contributed by atoms with Gasteiger partial charge in [-0.1, -0.05) is 44.7 Å². The maximum absolute atomic E-state index is 5.97. The molecular weight excluding hydrogens is 250 g/mol. The second kappa shape index (κ2) is 8.96. The van der Waals surface area contributed by atoms with Crippen molar-refractivity contribution in [1.29, 1.82) is 0 Å². The smallest absolute Gasteiger partial charge is 0.0931 e. The highest BCUT2D eigenvalue weighted by Gasteiger charge is 2.09. The first-order valence-electron chi connectivity index (χ1n) is 6.73. The minimum absolute atomic E-state index is 0.621. The summed E-state index contributed by atoms with van der Waals surface area (Å²) in [4.78, 5) is 1.40. The molecule has 1 heterocycles. The Balaban J connectivity index is 2.38. The van der Waals surface area contributed by atoms with Crippen LogP contribution in [0.1, 0.15) is 50.8 Å². The molecule has 1 nitrogen and oxygen atoms in total. The van der Waals surface area contributed by atoms with Gasteiger partial charge in [0.15, 0.2) is 0 Å². The first-order valence-corrected chi connectivity index (χ1v) is 7.93. The molecule has 1 unspecified atom stereocenters. The highest BCUT2D eigenvalue weighted by Crippen LogP contribution is 2.23. The van der Waals surface area contributed by atoms with Crippen LogP contribution in [0, 0.1) is 0 Å². The van der Waals surface area contributed by atoms with Gasteiger partial charge in [0.2, 0.25) is 0 Å². The summed E-state index contributed by atoms with van der Waals surface area (Å²) >= 11 is 7.69. The molecule has 0 saturated carbocycles. The van der Waals surface area contributed by atoms with Gasteiger partial charge in [0, 0.05) is 10.9 Å². The summed E-state index contributed by atoms with van der Waals surface area (Å²) in [5.41, 5.74) is 0. The van der Waals surface area contributed by atoms with Crippen LogP contribution >= 0.6 is 22.9 Å². The van der Waals surface area contributed by atoms with Gasteiger partial charge in [-0.25, -0.2) is 0 Å². The lowest BCUT2D eigenvalue weighted by molar-refractivity contribution is 0.458. The zero-order valence-corrected chi connectivity index (χ0v) is 12.5. The number of hydrogen-bond acceptors (Lipinski definition) is 2. The molecule has 98 valence electrons. The number of halogens is 1. The molecule has 0 spiro atoms. The summed E-state index contributed by atoms with van der Waals surface area (Å²) in [5.74, 6) is 0. The van der Waals surface area contributed by atoms with E-state index in [4.69, 9.17) is 11.6 Å². The third kappa shape index (κ3) is 6.44. The lowest BCUT2D eigenvalue weighted by Gasteiger charge is -2.17. The van der Waals surface area contributed by atoms with Crippen molar-refractivity contribution in [3.63, 3.8) is 0 Å². The van der Waals surface area contributed by atoms with Crippen molar-refractivity contribution in [3.05, 3.63) is 21.3 Å². The van der Waals surface area contributed by atoms with Gasteiger partial charge < -0.3 is 5.32 Å². The zero-order chi connectivity index (χ0) is 12.5. The second-order valence-corrected chi connectivity index (χ2v) is 6.36. The highest BCUT2D eigenvalue weighted by molar-refractivity contribution is 7.16. The van der Waals surface area contributed by atoms with Crippen molar-refractivity contribution in [1.82, 2.24) is 5.32 Å². The molecule has 0 aliphatic heterocycles. The molecule has 0 aliphatic carbocycles. The van der Waals surface area contributed by atoms with E-state index in [1.807, 2.05) is 6.07 Å². The molecule has 3 heteroatoms. The Morgan fingerprint density at radius 2 is 2.06 bits per heavy atom. The van der Waals surface area contributed by atoms with Crippen molar-refractivity contribution in [3.8, 4) is 0 Å². The lowest BCUT2D eigenvalue weighted by atomic mass is 10.0. The van der Waals surface area contributed by atoms with Crippen molar-refractivity contribution >= 4 is 22.9 Å². The lowest BCUT2D eigenvalue weighted by Crippen LogP contribution is -2.31. The molecule has 0 aromatic carbocycles. The van der Waals surface area contributed by atoms with Gasteiger partial charge in [0.25, 0.3) is 0 Å². The number of rotatable bonds is 9. The average Bonchev–Trinajstić information content (AvgIpc) is 2.72. The SMILES string of the molecule is CCCCCC(Cc1ccc(Cl)s1)NCCC. The van der Waals surface area contributed by atoms with Crippen molar-refractivity contribution in [2.75, 3.05) is 6.54 Å². The molecule has 0 radical (unpaired) electrons. The largest absolute Gasteiger partial charge is 0.314 e. The van der Waals surface area contributed by atoms with Gasteiger partial charge in [-0.3, -0.25) is 0 Å². The fourth-order valence-electron chi connectivity index (χ4n) is 1.97. The Bertz CT molecular complexity index is 298. The van der Waals surface area contributed by atoms with Gasteiger partial charge in [-0.2, -0.15) is 0 Å². The third-order valence-electron chi connectivity index (χ3n) is 2.92. The van der Waals surface area contributed by atoms with Crippen LogP contribution in [0.25, 0.3) is 0 Å². The van der Waals surface area contributed by atoms with Crippen LogP contribution in [0.4, 0.5) is 0 Å². The minimum atomic E-state index is 0.621. The summed E-state index contributed by atoms with van der Waals surface area (Å²) in [5, 5.41) is 3.65. The summed E-state index contributed by atoms with van der Waals surface area (Å²) < 4.78 is 0.905. The highest BCUT2D eigenvalue weighted by atomic mass is 35.5. The van der Waals surface area contributed by atoms with E-state index in [2.05, 4.69) is 25.2 Å². The number of nitrogens with one attached hydrogen (secondary N) is 1. The number of unbranched alkanes of at least 4 members (excludes halogenated alkanes) is 2. The predicted octanol–water partition coefficient (Wildman–Crippen LogP) is 4.89. The summed E-state index contributed by atoms with van der Waals surface area (Å²) in [6.07, 6.45) is 7.58. The van der Waals surface area contributed by atoms with E-state index >= 15 is 0 Å². The van der Waals surface area contributed by atoms with Crippen LogP contribution in [0.3, 0.4) is 0 Å². The van der Waals surface area contributed by atoms with E-state index in [1.54, 1.807) is 11.3 Å². The van der Waals surface area contributed by atoms with Crippen LogP contribution in [0.15, 0.2) is 12.1 Å². The maximum Gasteiger partial charge on any atom is 0.0931 e. The Labute approximate surface area is 115 Å². The topological polar surface area (TPSA) is 12.0 Å². The molecule has 1 aromatic heterocycles. The van der Waals surface area contributed by atoms with E-state index in [9.17, 15) is 0 Å². The van der Waals surface area contributed by atoms with Crippen molar-refractivity contribution < 1.29 is 0 Å². The molecular formula is C14H24ClNS. The second-order valence-electron chi connectivity index (χ2n) is 4.56. The molecule has 1 atom stereocenters. The van der Waals surface area contributed by atoms with Gasteiger partial charge in [-0.05, 0) is 37.9 Å². The van der Waals surface area contributed by atoms with Crippen LogP contribution in [0.2, 0.25) is 4.34 Å². The zero-order valence-electron chi connectivity index (χ0n) is 11.0. The maximum atomic E-state index is 5.97. The Kier molecular flexibility index (Phi) is 7.91. The molecule has 0 fully saturated rings. The van der Waals surface area contributed by atoms with Crippen LogP contribution in [-0.2, 0) is 6.42 Å². The van der Waals surface area contributed by atoms with Crippen molar-refractivity contribution in [2.45, 2.75) is 58.4 Å². The van der Waals surface area contributed by atoms with Crippen LogP contribution < -0.4 is 5.32 Å². The van der Waals surface area contributed by atoms with E-state index in [0.29, 0.717) is 6.04 Å². The molecule has 17 heavy (non-hydrogen) atoms. The molecule has 1 rings (SSSR count). The van der Waals surface area contributed by atoms with E-state index in [0.717, 1.165) is 17.3 Å². The molecule has 0 bridgehead atoms. The van der Waals surface area contributed by atoms with E-state index in [1.165, 1.54) is 37.0 Å². The van der Waals surface area contributed by atoms with E-state index in [-0.39, 0.29) is 0 Å². The average molecular weight is 274 g/mol. The summed E-state index contributed by atoms with van der Waals surface area (Å²) in [7, 11) is 0. The summed E-state index contributed by atoms with van der Waals surface area (Å²) in [6.45, 7) is 5.60. The van der Waals surface area contributed by atoms with Gasteiger partial charge in [0.05, 0.1) is 4.34 Å². The standard InChI is InChI=1S/C14H24ClNS/c1-3-5-6-7-12(16-10-4-2)11-13-8-9-14(15)17-13/h8-9,12,16H,3-7,10-11H2,1-2H3. The number of thiophene rings is 1. The van der Waals surface area contributed by atoms with Crippen LogP contribution in [0.5, 0.6) is 0 Å².